The number of hydrogen-bond acceptors (Lipinski definition) is 3. The van der Waals surface area contributed by atoms with Crippen LogP contribution in [0.5, 0.6) is 0 Å². The average molecular weight is 523 g/mol. The highest BCUT2D eigenvalue weighted by molar-refractivity contribution is 6.04. The zero-order chi connectivity index (χ0) is 27.0. The number of alkyl halides is 3. The third kappa shape index (κ3) is 5.14. The lowest BCUT2D eigenvalue weighted by Crippen LogP contribution is -2.39. The van der Waals surface area contributed by atoms with E-state index in [9.17, 15) is 32.7 Å². The van der Waals surface area contributed by atoms with E-state index in [1.807, 2.05) is 23.1 Å². The Balaban J connectivity index is 1.24. The standard InChI is InChI=1S/C29H25F3N2O4/c30-29(31,32)22-9-3-18(4-10-22)26(35)33-23-11-5-17(6-12-23)20-1-2-21-16-34(27(36)25(21)15-20)24-13-7-19(8-14-24)28(37)38/h1-6,9-12,15,19,24H,7-8,13-14,16H2,(H,33,35)(H,37,38)/t19-,24-. The van der Waals surface area contributed by atoms with E-state index in [0.717, 1.165) is 41.0 Å². The van der Waals surface area contributed by atoms with Crippen LogP contribution in [0.4, 0.5) is 18.9 Å². The predicted octanol–water partition coefficient (Wildman–Crippen LogP) is 6.22. The number of halogens is 3. The molecule has 0 saturated heterocycles. The molecule has 3 aromatic rings. The number of amides is 2. The summed E-state index contributed by atoms with van der Waals surface area (Å²) in [5.41, 5.74) is 3.05. The van der Waals surface area contributed by atoms with Crippen LogP contribution in [-0.4, -0.2) is 33.8 Å². The van der Waals surface area contributed by atoms with Crippen LogP contribution in [0.1, 0.15) is 57.5 Å². The van der Waals surface area contributed by atoms with Gasteiger partial charge in [-0.05, 0) is 84.8 Å². The van der Waals surface area contributed by atoms with Gasteiger partial charge in [0.05, 0.1) is 11.5 Å². The first-order valence-corrected chi connectivity index (χ1v) is 12.4. The van der Waals surface area contributed by atoms with Crippen molar-refractivity contribution < 1.29 is 32.7 Å². The Morgan fingerprint density at radius 3 is 2.11 bits per heavy atom. The fourth-order valence-electron chi connectivity index (χ4n) is 5.19. The SMILES string of the molecule is O=C(Nc1ccc(-c2ccc3c(c2)C(=O)N([C@H]2CC[C@H](C(=O)O)CC2)C3)cc1)c1ccc(C(F)(F)F)cc1. The minimum atomic E-state index is -4.47. The van der Waals surface area contributed by atoms with E-state index in [-0.39, 0.29) is 23.4 Å². The third-order valence-corrected chi connectivity index (χ3v) is 7.38. The number of fused-ring (bicyclic) bond motifs is 1. The van der Waals surface area contributed by atoms with Crippen molar-refractivity contribution in [3.63, 3.8) is 0 Å². The van der Waals surface area contributed by atoms with Crippen LogP contribution < -0.4 is 5.32 Å². The van der Waals surface area contributed by atoms with Crippen molar-refractivity contribution >= 4 is 23.5 Å². The number of nitrogens with one attached hydrogen (secondary N) is 1. The molecule has 0 bridgehead atoms. The van der Waals surface area contributed by atoms with Gasteiger partial charge in [-0.1, -0.05) is 24.3 Å². The second-order valence-electron chi connectivity index (χ2n) is 9.76. The molecule has 196 valence electrons. The molecule has 1 saturated carbocycles. The van der Waals surface area contributed by atoms with Gasteiger partial charge in [0, 0.05) is 29.4 Å². The van der Waals surface area contributed by atoms with Gasteiger partial charge in [0.2, 0.25) is 0 Å². The van der Waals surface area contributed by atoms with Gasteiger partial charge in [0.25, 0.3) is 11.8 Å². The van der Waals surface area contributed by atoms with Gasteiger partial charge in [-0.2, -0.15) is 13.2 Å². The molecule has 0 atom stereocenters. The zero-order valence-corrected chi connectivity index (χ0v) is 20.3. The highest BCUT2D eigenvalue weighted by Crippen LogP contribution is 2.35. The second kappa shape index (κ2) is 9.96. The summed E-state index contributed by atoms with van der Waals surface area (Å²) in [6, 6.07) is 16.8. The molecule has 1 aliphatic heterocycles. The first-order chi connectivity index (χ1) is 18.1. The van der Waals surface area contributed by atoms with Gasteiger partial charge >= 0.3 is 12.1 Å². The Morgan fingerprint density at radius 1 is 0.868 bits per heavy atom. The molecule has 0 unspecified atom stereocenters. The largest absolute Gasteiger partial charge is 0.481 e. The molecule has 38 heavy (non-hydrogen) atoms. The van der Waals surface area contributed by atoms with E-state index in [1.165, 1.54) is 0 Å². The summed E-state index contributed by atoms with van der Waals surface area (Å²) in [5.74, 6) is -1.66. The molecule has 1 aliphatic carbocycles. The molecule has 9 heteroatoms. The van der Waals surface area contributed by atoms with Crippen molar-refractivity contribution in [3.05, 3.63) is 89.0 Å². The smallest absolute Gasteiger partial charge is 0.416 e. The van der Waals surface area contributed by atoms with Gasteiger partial charge in [-0.15, -0.1) is 0 Å². The molecule has 0 aromatic heterocycles. The first-order valence-electron chi connectivity index (χ1n) is 12.4. The lowest BCUT2D eigenvalue weighted by Gasteiger charge is -2.33. The Hall–Kier alpha value is -4.14. The molecule has 0 spiro atoms. The Kier molecular flexibility index (Phi) is 6.69. The maximum absolute atomic E-state index is 13.2. The minimum Gasteiger partial charge on any atom is -0.481 e. The van der Waals surface area contributed by atoms with E-state index in [4.69, 9.17) is 0 Å². The predicted molar refractivity (Wildman–Crippen MR) is 135 cm³/mol. The fourth-order valence-corrected chi connectivity index (χ4v) is 5.19. The number of benzene rings is 3. The number of carbonyl (C=O) groups is 3. The molecule has 6 nitrogen and oxygen atoms in total. The first kappa shape index (κ1) is 25.5. The molecule has 2 N–H and O–H groups in total. The van der Waals surface area contributed by atoms with Gasteiger partial charge in [-0.3, -0.25) is 14.4 Å². The third-order valence-electron chi connectivity index (χ3n) is 7.38. The molecular weight excluding hydrogens is 497 g/mol. The Bertz CT molecular complexity index is 1380. The average Bonchev–Trinajstić information content (AvgIpc) is 3.24. The van der Waals surface area contributed by atoms with Crippen LogP contribution >= 0.6 is 0 Å². The topological polar surface area (TPSA) is 86.7 Å². The van der Waals surface area contributed by atoms with Crippen molar-refractivity contribution in [3.8, 4) is 11.1 Å². The number of anilines is 1. The fraction of sp³-hybridized carbons (Fsp3) is 0.276. The number of carboxylic acid groups (broad SMARTS) is 1. The number of rotatable bonds is 5. The summed E-state index contributed by atoms with van der Waals surface area (Å²) in [6.45, 7) is 0.520. The van der Waals surface area contributed by atoms with E-state index >= 15 is 0 Å². The van der Waals surface area contributed by atoms with Gasteiger partial charge in [0.15, 0.2) is 0 Å². The van der Waals surface area contributed by atoms with E-state index in [2.05, 4.69) is 5.32 Å². The lowest BCUT2D eigenvalue weighted by atomic mass is 9.85. The normalized spacial score (nSPS) is 19.2. The molecule has 1 heterocycles. The van der Waals surface area contributed by atoms with Crippen molar-refractivity contribution in [2.75, 3.05) is 5.32 Å². The van der Waals surface area contributed by atoms with Crippen molar-refractivity contribution in [1.82, 2.24) is 4.90 Å². The number of carbonyl (C=O) groups excluding carboxylic acids is 2. The van der Waals surface area contributed by atoms with Crippen LogP contribution in [0.25, 0.3) is 11.1 Å². The summed E-state index contributed by atoms with van der Waals surface area (Å²) in [5, 5.41) is 11.9. The number of carboxylic acids is 1. The molecular formula is C29H25F3N2O4. The molecule has 0 radical (unpaired) electrons. The zero-order valence-electron chi connectivity index (χ0n) is 20.3. The molecule has 3 aromatic carbocycles. The van der Waals surface area contributed by atoms with Gasteiger partial charge < -0.3 is 15.3 Å². The number of nitrogens with zero attached hydrogens (tertiary/aromatic N) is 1. The van der Waals surface area contributed by atoms with Crippen molar-refractivity contribution in [2.45, 2.75) is 44.4 Å². The molecule has 2 aliphatic rings. The van der Waals surface area contributed by atoms with Crippen LogP contribution in [0.15, 0.2) is 66.7 Å². The summed E-state index contributed by atoms with van der Waals surface area (Å²) < 4.78 is 38.2. The number of aliphatic carboxylic acids is 1. The summed E-state index contributed by atoms with van der Waals surface area (Å²) in [6.07, 6.45) is -1.94. The van der Waals surface area contributed by atoms with E-state index in [1.54, 1.807) is 24.3 Å². The second-order valence-corrected chi connectivity index (χ2v) is 9.76. The summed E-state index contributed by atoms with van der Waals surface area (Å²) >= 11 is 0. The van der Waals surface area contributed by atoms with Crippen molar-refractivity contribution in [1.29, 1.82) is 0 Å². The van der Waals surface area contributed by atoms with Gasteiger partial charge in [-0.25, -0.2) is 0 Å². The van der Waals surface area contributed by atoms with Gasteiger partial charge in [0.1, 0.15) is 0 Å². The number of hydrogen-bond donors (Lipinski definition) is 2. The Labute approximate surface area is 217 Å². The van der Waals surface area contributed by atoms with Crippen LogP contribution in [0.3, 0.4) is 0 Å². The minimum absolute atomic E-state index is 0.0407. The monoisotopic (exact) mass is 522 g/mol. The quantitative estimate of drug-likeness (QED) is 0.416. The lowest BCUT2D eigenvalue weighted by molar-refractivity contribution is -0.143. The Morgan fingerprint density at radius 2 is 1.50 bits per heavy atom. The maximum Gasteiger partial charge on any atom is 0.416 e. The highest BCUT2D eigenvalue weighted by Gasteiger charge is 2.36. The molecule has 5 rings (SSSR count). The van der Waals surface area contributed by atoms with Crippen molar-refractivity contribution in [2.24, 2.45) is 5.92 Å². The summed E-state index contributed by atoms with van der Waals surface area (Å²) in [7, 11) is 0. The molecule has 1 fully saturated rings. The maximum atomic E-state index is 13.2. The molecule has 2 amide bonds. The van der Waals surface area contributed by atoms with Crippen LogP contribution in [0.2, 0.25) is 0 Å². The van der Waals surface area contributed by atoms with E-state index in [0.29, 0.717) is 43.5 Å². The summed E-state index contributed by atoms with van der Waals surface area (Å²) in [4.78, 5) is 38.7. The van der Waals surface area contributed by atoms with E-state index < -0.39 is 23.6 Å². The highest BCUT2D eigenvalue weighted by atomic mass is 19.4. The van der Waals surface area contributed by atoms with Crippen LogP contribution in [-0.2, 0) is 17.5 Å². The van der Waals surface area contributed by atoms with Crippen LogP contribution in [0, 0.1) is 5.92 Å².